The first-order valence-electron chi connectivity index (χ1n) is 4.58. The number of hydrogen-bond donors (Lipinski definition) is 0. The van der Waals surface area contributed by atoms with E-state index in [-0.39, 0.29) is 12.3 Å². The van der Waals surface area contributed by atoms with Crippen LogP contribution in [0.2, 0.25) is 0 Å². The largest absolute Gasteiger partial charge is 0.443 e. The lowest BCUT2D eigenvalue weighted by molar-refractivity contribution is -0.129. The molecule has 1 rings (SSSR count). The third kappa shape index (κ3) is 2.87. The molecule has 2 amide bonds. The standard InChI is InChI=1S/C10H15NO3/c1-10(2,3)14-9(13)11-7-5-4-6-8(11)12/h4-5H,6-7H2,1-3H3. The van der Waals surface area contributed by atoms with Crippen molar-refractivity contribution in [1.29, 1.82) is 0 Å². The zero-order chi connectivity index (χ0) is 10.8. The van der Waals surface area contributed by atoms with Gasteiger partial charge >= 0.3 is 6.09 Å². The van der Waals surface area contributed by atoms with Crippen molar-refractivity contribution >= 4 is 12.0 Å². The van der Waals surface area contributed by atoms with Crippen LogP contribution in [0.25, 0.3) is 0 Å². The Bertz CT molecular complexity index is 276. The van der Waals surface area contributed by atoms with E-state index in [9.17, 15) is 9.59 Å². The van der Waals surface area contributed by atoms with Crippen LogP contribution >= 0.6 is 0 Å². The fraction of sp³-hybridized carbons (Fsp3) is 0.600. The monoisotopic (exact) mass is 197 g/mol. The van der Waals surface area contributed by atoms with Crippen LogP contribution < -0.4 is 0 Å². The first kappa shape index (κ1) is 10.8. The number of imide groups is 1. The van der Waals surface area contributed by atoms with Gasteiger partial charge in [-0.15, -0.1) is 0 Å². The lowest BCUT2D eigenvalue weighted by Gasteiger charge is -2.26. The minimum atomic E-state index is -0.563. The zero-order valence-electron chi connectivity index (χ0n) is 8.74. The third-order valence-electron chi connectivity index (χ3n) is 1.66. The number of hydrogen-bond acceptors (Lipinski definition) is 3. The number of carbonyl (C=O) groups is 2. The average Bonchev–Trinajstić information content (AvgIpc) is 2.01. The van der Waals surface area contributed by atoms with Gasteiger partial charge in [-0.05, 0) is 20.8 Å². The van der Waals surface area contributed by atoms with E-state index in [0.29, 0.717) is 6.54 Å². The molecule has 0 unspecified atom stereocenters. The van der Waals surface area contributed by atoms with Crippen molar-refractivity contribution in [2.75, 3.05) is 6.54 Å². The summed E-state index contributed by atoms with van der Waals surface area (Å²) in [6.07, 6.45) is 3.25. The second-order valence-corrected chi connectivity index (χ2v) is 4.16. The van der Waals surface area contributed by atoms with E-state index in [1.807, 2.05) is 0 Å². The first-order chi connectivity index (χ1) is 6.40. The predicted molar refractivity (Wildman–Crippen MR) is 51.7 cm³/mol. The molecule has 4 heteroatoms. The summed E-state index contributed by atoms with van der Waals surface area (Å²) in [4.78, 5) is 23.9. The van der Waals surface area contributed by atoms with E-state index in [4.69, 9.17) is 4.74 Å². The van der Waals surface area contributed by atoms with E-state index >= 15 is 0 Å². The van der Waals surface area contributed by atoms with Crippen molar-refractivity contribution in [2.45, 2.75) is 32.8 Å². The highest BCUT2D eigenvalue weighted by molar-refractivity contribution is 5.93. The van der Waals surface area contributed by atoms with Crippen molar-refractivity contribution < 1.29 is 14.3 Å². The second kappa shape index (κ2) is 3.82. The molecule has 0 aliphatic carbocycles. The van der Waals surface area contributed by atoms with E-state index in [0.717, 1.165) is 4.90 Å². The Balaban J connectivity index is 2.61. The Hall–Kier alpha value is -1.32. The zero-order valence-corrected chi connectivity index (χ0v) is 8.74. The minimum Gasteiger partial charge on any atom is -0.443 e. The van der Waals surface area contributed by atoms with Crippen LogP contribution in [0, 0.1) is 0 Å². The first-order valence-corrected chi connectivity index (χ1v) is 4.58. The SMILES string of the molecule is CC(C)(C)OC(=O)N1CC=CCC1=O. The molecule has 0 fully saturated rings. The molecule has 0 bridgehead atoms. The van der Waals surface area contributed by atoms with Gasteiger partial charge in [-0.25, -0.2) is 9.69 Å². The van der Waals surface area contributed by atoms with Gasteiger partial charge in [0.1, 0.15) is 5.60 Å². The van der Waals surface area contributed by atoms with Gasteiger partial charge < -0.3 is 4.74 Å². The van der Waals surface area contributed by atoms with Crippen LogP contribution in [0.4, 0.5) is 4.79 Å². The highest BCUT2D eigenvalue weighted by Crippen LogP contribution is 2.12. The van der Waals surface area contributed by atoms with Gasteiger partial charge in [-0.1, -0.05) is 12.2 Å². The minimum absolute atomic E-state index is 0.207. The Morgan fingerprint density at radius 3 is 2.57 bits per heavy atom. The van der Waals surface area contributed by atoms with E-state index in [1.54, 1.807) is 32.9 Å². The van der Waals surface area contributed by atoms with Crippen molar-refractivity contribution in [3.63, 3.8) is 0 Å². The van der Waals surface area contributed by atoms with E-state index in [2.05, 4.69) is 0 Å². The summed E-state index contributed by atoms with van der Waals surface area (Å²) < 4.78 is 5.08. The summed E-state index contributed by atoms with van der Waals surface area (Å²) in [5.74, 6) is -0.207. The van der Waals surface area contributed by atoms with Crippen LogP contribution in [0.5, 0.6) is 0 Å². The summed E-state index contributed by atoms with van der Waals surface area (Å²) in [6, 6.07) is 0. The average molecular weight is 197 g/mol. The molecule has 0 aromatic rings. The highest BCUT2D eigenvalue weighted by Gasteiger charge is 2.26. The fourth-order valence-electron chi connectivity index (χ4n) is 1.07. The summed E-state index contributed by atoms with van der Waals surface area (Å²) in [5, 5.41) is 0. The maximum atomic E-state index is 11.5. The quantitative estimate of drug-likeness (QED) is 0.555. The van der Waals surface area contributed by atoms with Crippen LogP contribution in [-0.2, 0) is 9.53 Å². The van der Waals surface area contributed by atoms with Crippen molar-refractivity contribution in [3.8, 4) is 0 Å². The molecule has 0 radical (unpaired) electrons. The van der Waals surface area contributed by atoms with Gasteiger partial charge in [-0.2, -0.15) is 0 Å². The molecule has 0 aromatic carbocycles. The molecular formula is C10H15NO3. The number of carbonyl (C=O) groups excluding carboxylic acids is 2. The van der Waals surface area contributed by atoms with Gasteiger partial charge in [0.25, 0.3) is 0 Å². The molecule has 1 aliphatic heterocycles. The summed E-state index contributed by atoms with van der Waals surface area (Å²) in [6.45, 7) is 5.63. The summed E-state index contributed by atoms with van der Waals surface area (Å²) in [5.41, 5.74) is -0.557. The molecule has 0 spiro atoms. The molecule has 0 atom stereocenters. The lowest BCUT2D eigenvalue weighted by Crippen LogP contribution is -2.41. The van der Waals surface area contributed by atoms with Crippen LogP contribution in [0.1, 0.15) is 27.2 Å². The molecule has 0 saturated heterocycles. The Kier molecular flexibility index (Phi) is 2.93. The maximum absolute atomic E-state index is 11.5. The number of rotatable bonds is 0. The molecule has 1 aliphatic rings. The molecular weight excluding hydrogens is 182 g/mol. The molecule has 4 nitrogen and oxygen atoms in total. The van der Waals surface area contributed by atoms with Crippen molar-refractivity contribution in [3.05, 3.63) is 12.2 Å². The van der Waals surface area contributed by atoms with E-state index in [1.165, 1.54) is 0 Å². The second-order valence-electron chi connectivity index (χ2n) is 4.16. The maximum Gasteiger partial charge on any atom is 0.417 e. The van der Waals surface area contributed by atoms with Crippen LogP contribution in [0.15, 0.2) is 12.2 Å². The summed E-state index contributed by atoms with van der Waals surface area (Å²) >= 11 is 0. The van der Waals surface area contributed by atoms with Crippen molar-refractivity contribution in [2.24, 2.45) is 0 Å². The van der Waals surface area contributed by atoms with Crippen molar-refractivity contribution in [1.82, 2.24) is 4.90 Å². The van der Waals surface area contributed by atoms with Gasteiger partial charge in [-0.3, -0.25) is 4.79 Å². The molecule has 0 aromatic heterocycles. The molecule has 14 heavy (non-hydrogen) atoms. The molecule has 0 N–H and O–H groups in total. The smallest absolute Gasteiger partial charge is 0.417 e. The van der Waals surface area contributed by atoms with Gasteiger partial charge in [0.2, 0.25) is 5.91 Å². The number of ether oxygens (including phenoxy) is 1. The highest BCUT2D eigenvalue weighted by atomic mass is 16.6. The normalized spacial score (nSPS) is 17.1. The van der Waals surface area contributed by atoms with Gasteiger partial charge in [0, 0.05) is 6.42 Å². The molecule has 0 saturated carbocycles. The van der Waals surface area contributed by atoms with Crippen LogP contribution in [-0.4, -0.2) is 29.0 Å². The van der Waals surface area contributed by atoms with Gasteiger partial charge in [0.05, 0.1) is 6.54 Å². The summed E-state index contributed by atoms with van der Waals surface area (Å²) in [7, 11) is 0. The topological polar surface area (TPSA) is 46.6 Å². The van der Waals surface area contributed by atoms with Gasteiger partial charge in [0.15, 0.2) is 0 Å². The molecule has 1 heterocycles. The molecule has 78 valence electrons. The fourth-order valence-corrected chi connectivity index (χ4v) is 1.07. The van der Waals surface area contributed by atoms with E-state index < -0.39 is 11.7 Å². The Morgan fingerprint density at radius 2 is 2.07 bits per heavy atom. The Morgan fingerprint density at radius 1 is 1.43 bits per heavy atom. The number of nitrogens with zero attached hydrogens (tertiary/aromatic N) is 1. The Labute approximate surface area is 83.5 Å². The lowest BCUT2D eigenvalue weighted by atomic mass is 10.2. The number of amides is 2. The van der Waals surface area contributed by atoms with Crippen LogP contribution in [0.3, 0.4) is 0 Å². The third-order valence-corrected chi connectivity index (χ3v) is 1.66. The predicted octanol–water partition coefficient (Wildman–Crippen LogP) is 1.71.